The zero-order chi connectivity index (χ0) is 26.8. The predicted molar refractivity (Wildman–Crippen MR) is 154 cm³/mol. The zero-order valence-corrected chi connectivity index (χ0v) is 21.0. The molecular formula is C34H25F2N3. The maximum Gasteiger partial charge on any atom is 0.148 e. The number of fused-ring (bicyclic) bond motifs is 1. The molecule has 1 heterocycles. The Hall–Kier alpha value is -5.03. The molecule has 0 radical (unpaired) electrons. The number of nitrogens with two attached hydrogens (primary N) is 1. The molecule has 5 aromatic carbocycles. The molecule has 0 aliphatic heterocycles. The van der Waals surface area contributed by atoms with Crippen molar-refractivity contribution in [1.29, 1.82) is 0 Å². The van der Waals surface area contributed by atoms with Gasteiger partial charge in [0.25, 0.3) is 0 Å². The summed E-state index contributed by atoms with van der Waals surface area (Å²) >= 11 is 0. The lowest BCUT2D eigenvalue weighted by Crippen LogP contribution is -2.38. The quantitative estimate of drug-likeness (QED) is 0.182. The van der Waals surface area contributed by atoms with E-state index < -0.39 is 11.4 Å². The van der Waals surface area contributed by atoms with Crippen LogP contribution in [0.15, 0.2) is 127 Å². The highest BCUT2D eigenvalue weighted by Crippen LogP contribution is 2.43. The van der Waals surface area contributed by atoms with Gasteiger partial charge in [0.15, 0.2) is 0 Å². The Morgan fingerprint density at radius 2 is 1.15 bits per heavy atom. The normalized spacial score (nSPS) is 11.8. The summed E-state index contributed by atoms with van der Waals surface area (Å²) in [7, 11) is 0. The third-order valence-corrected chi connectivity index (χ3v) is 7.02. The molecule has 0 bridgehead atoms. The molecule has 0 unspecified atom stereocenters. The average molecular weight is 514 g/mol. The highest BCUT2D eigenvalue weighted by Gasteiger charge is 2.40. The Bertz CT molecular complexity index is 1660. The van der Waals surface area contributed by atoms with Crippen molar-refractivity contribution in [2.75, 3.05) is 5.73 Å². The van der Waals surface area contributed by atoms with Gasteiger partial charge in [0.2, 0.25) is 0 Å². The minimum atomic E-state index is -0.924. The lowest BCUT2D eigenvalue weighted by atomic mass is 9.77. The number of nitrogen functional groups attached to an aromatic ring is 1. The monoisotopic (exact) mass is 513 g/mol. The van der Waals surface area contributed by atoms with Gasteiger partial charge in [-0.25, -0.2) is 13.5 Å². The molecule has 6 rings (SSSR count). The second kappa shape index (κ2) is 10.0. The van der Waals surface area contributed by atoms with Gasteiger partial charge in [-0.1, -0.05) is 109 Å². The number of halogens is 2. The molecule has 2 N–H and O–H groups in total. The second-order valence-electron chi connectivity index (χ2n) is 9.38. The Kier molecular flexibility index (Phi) is 6.25. The van der Waals surface area contributed by atoms with Crippen LogP contribution < -0.4 is 5.73 Å². The van der Waals surface area contributed by atoms with Gasteiger partial charge in [-0.05, 0) is 46.5 Å². The van der Waals surface area contributed by atoms with Crippen LogP contribution in [0.4, 0.5) is 14.5 Å². The van der Waals surface area contributed by atoms with E-state index in [1.807, 2.05) is 71.4 Å². The van der Waals surface area contributed by atoms with Crippen molar-refractivity contribution in [2.24, 2.45) is 0 Å². The first-order valence-electron chi connectivity index (χ1n) is 12.7. The maximum absolute atomic E-state index is 15.1. The van der Waals surface area contributed by atoms with Crippen LogP contribution >= 0.6 is 0 Å². The van der Waals surface area contributed by atoms with Gasteiger partial charge in [-0.15, -0.1) is 0 Å². The van der Waals surface area contributed by atoms with E-state index in [0.29, 0.717) is 16.6 Å². The van der Waals surface area contributed by atoms with Crippen LogP contribution in [-0.2, 0) is 5.54 Å². The van der Waals surface area contributed by atoms with Crippen LogP contribution in [0, 0.1) is 11.6 Å². The Labute approximate surface area is 225 Å². The Balaban J connectivity index is 1.71. The van der Waals surface area contributed by atoms with Gasteiger partial charge in [-0.2, -0.15) is 5.10 Å². The topological polar surface area (TPSA) is 43.8 Å². The fraction of sp³-hybridized carbons (Fsp3) is 0.0294. The number of hydrogen-bond acceptors (Lipinski definition) is 2. The first-order valence-corrected chi connectivity index (χ1v) is 12.7. The highest BCUT2D eigenvalue weighted by atomic mass is 19.1. The minimum Gasteiger partial charge on any atom is -0.396 e. The molecule has 1 aromatic heterocycles. The van der Waals surface area contributed by atoms with Crippen molar-refractivity contribution < 1.29 is 8.78 Å². The average Bonchev–Trinajstić information content (AvgIpc) is 3.32. The van der Waals surface area contributed by atoms with Crippen LogP contribution in [0.1, 0.15) is 27.9 Å². The Morgan fingerprint density at radius 3 is 1.67 bits per heavy atom. The molecule has 0 fully saturated rings. The van der Waals surface area contributed by atoms with Crippen LogP contribution in [0.3, 0.4) is 0 Å². The van der Waals surface area contributed by atoms with Crippen molar-refractivity contribution >= 4 is 28.7 Å². The first-order chi connectivity index (χ1) is 19.1. The second-order valence-corrected chi connectivity index (χ2v) is 9.38. The fourth-order valence-corrected chi connectivity index (χ4v) is 5.21. The smallest absolute Gasteiger partial charge is 0.148 e. The summed E-state index contributed by atoms with van der Waals surface area (Å²) in [4.78, 5) is 0. The number of anilines is 1. The molecule has 0 saturated heterocycles. The predicted octanol–water partition coefficient (Wildman–Crippen LogP) is 7.91. The summed E-state index contributed by atoms with van der Waals surface area (Å²) in [5, 5.41) is 5.85. The molecule has 0 aliphatic carbocycles. The molecule has 6 aromatic rings. The summed E-state index contributed by atoms with van der Waals surface area (Å²) in [6.45, 7) is 0. The number of rotatable bonds is 6. The van der Waals surface area contributed by atoms with Gasteiger partial charge >= 0.3 is 0 Å². The molecule has 0 saturated carbocycles. The van der Waals surface area contributed by atoms with E-state index in [2.05, 4.69) is 36.4 Å². The zero-order valence-electron chi connectivity index (χ0n) is 21.0. The summed E-state index contributed by atoms with van der Waals surface area (Å²) in [5.41, 5.74) is 10.1. The van der Waals surface area contributed by atoms with E-state index in [9.17, 15) is 4.39 Å². The van der Waals surface area contributed by atoms with E-state index in [-0.39, 0.29) is 11.5 Å². The molecule has 3 nitrogen and oxygen atoms in total. The van der Waals surface area contributed by atoms with Gasteiger partial charge < -0.3 is 5.73 Å². The van der Waals surface area contributed by atoms with Crippen molar-refractivity contribution in [3.8, 4) is 0 Å². The third kappa shape index (κ3) is 4.28. The number of aromatic nitrogens is 2. The first kappa shape index (κ1) is 24.3. The molecule has 0 spiro atoms. The van der Waals surface area contributed by atoms with Crippen molar-refractivity contribution in [3.05, 3.63) is 167 Å². The maximum atomic E-state index is 15.1. The van der Waals surface area contributed by atoms with Crippen LogP contribution in [0.25, 0.3) is 23.1 Å². The number of hydrogen-bond donors (Lipinski definition) is 1. The van der Waals surface area contributed by atoms with Crippen molar-refractivity contribution in [2.45, 2.75) is 5.54 Å². The number of nitrogens with zero attached hydrogens (tertiary/aromatic N) is 2. The Morgan fingerprint density at radius 1 is 0.641 bits per heavy atom. The van der Waals surface area contributed by atoms with Crippen LogP contribution in [0.5, 0.6) is 0 Å². The standard InChI is InChI=1S/C34H25F2N3/c35-28-19-16-24(17-20-28)18-21-32-29-22-31(37)30(36)23-33(29)39(38-32)34(25-10-4-1-5-11-25,26-12-6-2-7-13-26)27-14-8-3-9-15-27/h1-23H,37H2/b21-18+. The van der Waals surface area contributed by atoms with Gasteiger partial charge in [-0.3, -0.25) is 0 Å². The lowest BCUT2D eigenvalue weighted by Gasteiger charge is -2.37. The molecule has 0 amide bonds. The van der Waals surface area contributed by atoms with E-state index in [1.54, 1.807) is 18.2 Å². The molecule has 5 heteroatoms. The highest BCUT2D eigenvalue weighted by molar-refractivity contribution is 5.92. The van der Waals surface area contributed by atoms with Crippen molar-refractivity contribution in [1.82, 2.24) is 9.78 Å². The molecule has 190 valence electrons. The molecule has 0 atom stereocenters. The summed E-state index contributed by atoms with van der Waals surface area (Å²) in [6, 6.07) is 39.6. The lowest BCUT2D eigenvalue weighted by molar-refractivity contribution is 0.474. The van der Waals surface area contributed by atoms with Gasteiger partial charge in [0, 0.05) is 11.5 Å². The van der Waals surface area contributed by atoms with Crippen molar-refractivity contribution in [3.63, 3.8) is 0 Å². The molecule has 39 heavy (non-hydrogen) atoms. The van der Waals surface area contributed by atoms with Gasteiger partial charge in [0.1, 0.15) is 17.2 Å². The van der Waals surface area contributed by atoms with Crippen LogP contribution in [-0.4, -0.2) is 9.78 Å². The summed E-state index contributed by atoms with van der Waals surface area (Å²) in [6.07, 6.45) is 3.72. The fourth-order valence-electron chi connectivity index (χ4n) is 5.21. The van der Waals surface area contributed by atoms with E-state index in [0.717, 1.165) is 22.3 Å². The minimum absolute atomic E-state index is 0.0446. The third-order valence-electron chi connectivity index (χ3n) is 7.02. The SMILES string of the molecule is Nc1cc2c(/C=C/c3ccc(F)cc3)nn(C(c3ccccc3)(c3ccccc3)c3ccccc3)c2cc1F. The van der Waals surface area contributed by atoms with E-state index in [4.69, 9.17) is 10.8 Å². The summed E-state index contributed by atoms with van der Waals surface area (Å²) in [5.74, 6) is -0.815. The van der Waals surface area contributed by atoms with E-state index >= 15 is 4.39 Å². The van der Waals surface area contributed by atoms with E-state index in [1.165, 1.54) is 18.2 Å². The summed E-state index contributed by atoms with van der Waals surface area (Å²) < 4.78 is 30.5. The largest absolute Gasteiger partial charge is 0.396 e. The van der Waals surface area contributed by atoms with Gasteiger partial charge in [0.05, 0.1) is 16.9 Å². The molecule has 0 aliphatic rings. The molecular weight excluding hydrogens is 488 g/mol. The number of benzene rings is 5. The van der Waals surface area contributed by atoms with Crippen LogP contribution in [0.2, 0.25) is 0 Å².